The number of ether oxygens (including phenoxy) is 1. The molecule has 168 valence electrons. The summed E-state index contributed by atoms with van der Waals surface area (Å²) in [5.74, 6) is 0.886. The van der Waals surface area contributed by atoms with E-state index in [2.05, 4.69) is 25.4 Å². The van der Waals surface area contributed by atoms with E-state index in [0.29, 0.717) is 0 Å². The Morgan fingerprint density at radius 3 is 2.14 bits per heavy atom. The van der Waals surface area contributed by atoms with Gasteiger partial charge in [-0.05, 0) is 59.7 Å². The number of likely N-dealkylation sites (tertiary alicyclic amines) is 1. The number of amides is 1. The number of carbonyl (C=O) groups is 1. The predicted octanol–water partition coefficient (Wildman–Crippen LogP) is 1.58. The van der Waals surface area contributed by atoms with Crippen LogP contribution in [0, 0.1) is 0 Å². The van der Waals surface area contributed by atoms with Crippen molar-refractivity contribution >= 4 is 12.1 Å². The summed E-state index contributed by atoms with van der Waals surface area (Å²) in [6.07, 6.45) is 4.90. The molecule has 2 rings (SSSR count). The molecule has 8 nitrogen and oxygen atoms in total. The van der Waals surface area contributed by atoms with Crippen molar-refractivity contribution in [3.63, 3.8) is 0 Å². The van der Waals surface area contributed by atoms with Crippen LogP contribution in [-0.2, 0) is 4.74 Å². The lowest BCUT2D eigenvalue weighted by molar-refractivity contribution is 0.0145. The number of hydrogen-bond acceptors (Lipinski definition) is 5. The van der Waals surface area contributed by atoms with Gasteiger partial charge < -0.3 is 25.2 Å². The lowest BCUT2D eigenvalue weighted by Gasteiger charge is -2.35. The summed E-state index contributed by atoms with van der Waals surface area (Å²) in [6, 6.07) is 0. The third-order valence-electron chi connectivity index (χ3n) is 5.36. The molecule has 0 aromatic carbocycles. The Morgan fingerprint density at radius 2 is 1.52 bits per heavy atom. The van der Waals surface area contributed by atoms with Gasteiger partial charge >= 0.3 is 6.09 Å². The Labute approximate surface area is 177 Å². The summed E-state index contributed by atoms with van der Waals surface area (Å²) in [5, 5.41) is 6.83. The molecule has 0 saturated carbocycles. The Balaban J connectivity index is 1.52. The first-order chi connectivity index (χ1) is 13.9. The lowest BCUT2D eigenvalue weighted by atomic mass is 10.1. The molecule has 2 fully saturated rings. The maximum atomic E-state index is 12.1. The minimum Gasteiger partial charge on any atom is -0.444 e. The van der Waals surface area contributed by atoms with Crippen LogP contribution in [-0.4, -0.2) is 105 Å². The van der Waals surface area contributed by atoms with Crippen molar-refractivity contribution in [3.8, 4) is 0 Å². The summed E-state index contributed by atoms with van der Waals surface area (Å²) in [7, 11) is 1.83. The Bertz CT molecular complexity index is 506. The molecule has 1 amide bonds. The maximum absolute atomic E-state index is 12.1. The Hall–Kier alpha value is -1.54. The zero-order valence-electron chi connectivity index (χ0n) is 19.0. The molecule has 2 aliphatic heterocycles. The number of hydrogen-bond donors (Lipinski definition) is 2. The molecule has 2 N–H and O–H groups in total. The summed E-state index contributed by atoms with van der Waals surface area (Å²) >= 11 is 0. The standard InChI is InChI=1S/C21H42N6O2/c1-21(2,3)29-20(28)27-17-15-26(16-18-27)13-8-9-23-19(22-4)24-10-14-25-11-6-5-7-12-25/h5-18H2,1-4H3,(H2,22,23,24). The van der Waals surface area contributed by atoms with E-state index in [4.69, 9.17) is 4.74 Å². The van der Waals surface area contributed by atoms with Gasteiger partial charge in [-0.3, -0.25) is 9.89 Å². The van der Waals surface area contributed by atoms with E-state index in [9.17, 15) is 4.79 Å². The van der Waals surface area contributed by atoms with Crippen molar-refractivity contribution in [2.24, 2.45) is 4.99 Å². The van der Waals surface area contributed by atoms with E-state index in [1.54, 1.807) is 0 Å². The number of piperidine rings is 1. The molecule has 0 radical (unpaired) electrons. The molecule has 0 aromatic rings. The van der Waals surface area contributed by atoms with Gasteiger partial charge in [-0.1, -0.05) is 6.42 Å². The fourth-order valence-corrected chi connectivity index (χ4v) is 3.73. The second kappa shape index (κ2) is 12.2. The lowest BCUT2D eigenvalue weighted by Crippen LogP contribution is -2.50. The molecule has 0 unspecified atom stereocenters. The van der Waals surface area contributed by atoms with Gasteiger partial charge in [0.05, 0.1) is 0 Å². The minimum atomic E-state index is -0.430. The van der Waals surface area contributed by atoms with E-state index in [1.165, 1.54) is 32.4 Å². The van der Waals surface area contributed by atoms with Crippen LogP contribution in [0.3, 0.4) is 0 Å². The second-order valence-corrected chi connectivity index (χ2v) is 8.99. The maximum Gasteiger partial charge on any atom is 0.410 e. The third-order valence-corrected chi connectivity index (χ3v) is 5.36. The number of piperazine rings is 1. The first-order valence-corrected chi connectivity index (χ1v) is 11.2. The molecule has 0 atom stereocenters. The molecule has 0 bridgehead atoms. The number of nitrogens with zero attached hydrogens (tertiary/aromatic N) is 4. The average Bonchev–Trinajstić information content (AvgIpc) is 2.69. The zero-order chi connectivity index (χ0) is 21.1. The van der Waals surface area contributed by atoms with Crippen LogP contribution in [0.5, 0.6) is 0 Å². The van der Waals surface area contributed by atoms with Gasteiger partial charge in [0.25, 0.3) is 0 Å². The number of aliphatic imine (C=N–C) groups is 1. The van der Waals surface area contributed by atoms with Crippen molar-refractivity contribution in [2.75, 3.05) is 72.5 Å². The number of guanidine groups is 1. The summed E-state index contributed by atoms with van der Waals surface area (Å²) in [4.78, 5) is 23.2. The Kier molecular flexibility index (Phi) is 10.0. The fourth-order valence-electron chi connectivity index (χ4n) is 3.73. The van der Waals surface area contributed by atoms with E-state index in [1.807, 2.05) is 32.7 Å². The highest BCUT2D eigenvalue weighted by molar-refractivity contribution is 5.79. The molecule has 29 heavy (non-hydrogen) atoms. The molecule has 0 aliphatic carbocycles. The molecule has 2 heterocycles. The van der Waals surface area contributed by atoms with Crippen molar-refractivity contribution in [2.45, 2.75) is 52.1 Å². The topological polar surface area (TPSA) is 72.4 Å². The molecule has 8 heteroatoms. The number of nitrogens with one attached hydrogen (secondary N) is 2. The normalized spacial score (nSPS) is 19.9. The molecular weight excluding hydrogens is 368 g/mol. The van der Waals surface area contributed by atoms with E-state index >= 15 is 0 Å². The van der Waals surface area contributed by atoms with Crippen molar-refractivity contribution in [3.05, 3.63) is 0 Å². The number of carbonyl (C=O) groups excluding carboxylic acids is 1. The van der Waals surface area contributed by atoms with E-state index in [0.717, 1.165) is 64.7 Å². The number of rotatable bonds is 7. The van der Waals surface area contributed by atoms with Crippen LogP contribution in [0.4, 0.5) is 4.79 Å². The predicted molar refractivity (Wildman–Crippen MR) is 119 cm³/mol. The summed E-state index contributed by atoms with van der Waals surface area (Å²) in [6.45, 7) is 15.4. The fraction of sp³-hybridized carbons (Fsp3) is 0.905. The van der Waals surface area contributed by atoms with Gasteiger partial charge in [-0.2, -0.15) is 0 Å². The smallest absolute Gasteiger partial charge is 0.410 e. The van der Waals surface area contributed by atoms with Gasteiger partial charge in [0.1, 0.15) is 5.60 Å². The van der Waals surface area contributed by atoms with Gasteiger partial charge in [0.15, 0.2) is 5.96 Å². The van der Waals surface area contributed by atoms with Crippen LogP contribution in [0.2, 0.25) is 0 Å². The van der Waals surface area contributed by atoms with Gasteiger partial charge in [-0.15, -0.1) is 0 Å². The van der Waals surface area contributed by atoms with Gasteiger partial charge in [-0.25, -0.2) is 4.79 Å². The molecule has 2 aliphatic rings. The first kappa shape index (κ1) is 23.7. The molecule has 0 aromatic heterocycles. The van der Waals surface area contributed by atoms with E-state index < -0.39 is 5.60 Å². The SMILES string of the molecule is CN=C(NCCCN1CCN(C(=O)OC(C)(C)C)CC1)NCCN1CCCCC1. The molecule has 0 spiro atoms. The van der Waals surface area contributed by atoms with Crippen molar-refractivity contribution in [1.29, 1.82) is 0 Å². The van der Waals surface area contributed by atoms with Crippen LogP contribution in [0.15, 0.2) is 4.99 Å². The highest BCUT2D eigenvalue weighted by Gasteiger charge is 2.25. The van der Waals surface area contributed by atoms with Crippen LogP contribution < -0.4 is 10.6 Å². The summed E-state index contributed by atoms with van der Waals surface area (Å²) in [5.41, 5.74) is -0.430. The van der Waals surface area contributed by atoms with Crippen molar-refractivity contribution < 1.29 is 9.53 Å². The quantitative estimate of drug-likeness (QED) is 0.377. The summed E-state index contributed by atoms with van der Waals surface area (Å²) < 4.78 is 5.46. The van der Waals surface area contributed by atoms with E-state index in [-0.39, 0.29) is 6.09 Å². The highest BCUT2D eigenvalue weighted by atomic mass is 16.6. The van der Waals surface area contributed by atoms with Gasteiger partial charge in [0.2, 0.25) is 0 Å². The largest absolute Gasteiger partial charge is 0.444 e. The monoisotopic (exact) mass is 410 g/mol. The zero-order valence-corrected chi connectivity index (χ0v) is 19.0. The highest BCUT2D eigenvalue weighted by Crippen LogP contribution is 2.12. The third kappa shape index (κ3) is 9.67. The first-order valence-electron chi connectivity index (χ1n) is 11.2. The Morgan fingerprint density at radius 1 is 0.897 bits per heavy atom. The average molecular weight is 411 g/mol. The molecule has 2 saturated heterocycles. The molecular formula is C21H42N6O2. The minimum absolute atomic E-state index is 0.196. The second-order valence-electron chi connectivity index (χ2n) is 8.99. The van der Waals surface area contributed by atoms with Crippen LogP contribution in [0.25, 0.3) is 0 Å². The van der Waals surface area contributed by atoms with Crippen molar-refractivity contribution in [1.82, 2.24) is 25.3 Å². The van der Waals surface area contributed by atoms with Crippen LogP contribution >= 0.6 is 0 Å². The van der Waals surface area contributed by atoms with Crippen LogP contribution in [0.1, 0.15) is 46.5 Å². The van der Waals surface area contributed by atoms with Gasteiger partial charge in [0, 0.05) is 52.9 Å².